The third-order valence-corrected chi connectivity index (χ3v) is 5.49. The first-order chi connectivity index (χ1) is 19.0. The van der Waals surface area contributed by atoms with Gasteiger partial charge in [-0.05, 0) is 51.8 Å². The van der Waals surface area contributed by atoms with E-state index in [2.05, 4.69) is 26.5 Å². The van der Waals surface area contributed by atoms with Crippen molar-refractivity contribution in [3.05, 3.63) is 101 Å². The van der Waals surface area contributed by atoms with Gasteiger partial charge in [-0.3, -0.25) is 35.1 Å². The zero-order valence-electron chi connectivity index (χ0n) is 20.1. The summed E-state index contributed by atoms with van der Waals surface area (Å²) in [4.78, 5) is 55.2. The fourth-order valence-corrected chi connectivity index (χ4v) is 3.50. The summed E-state index contributed by atoms with van der Waals surface area (Å²) in [6.45, 7) is -0.729. The number of nitro groups is 3. The van der Waals surface area contributed by atoms with E-state index in [1.807, 2.05) is 0 Å². The van der Waals surface area contributed by atoms with Gasteiger partial charge in [0.15, 0.2) is 12.4 Å². The summed E-state index contributed by atoms with van der Waals surface area (Å²) in [7, 11) is 1.13. The van der Waals surface area contributed by atoms with Gasteiger partial charge in [0, 0.05) is 12.1 Å². The number of amides is 1. The van der Waals surface area contributed by atoms with Gasteiger partial charge in [-0.15, -0.1) is 0 Å². The number of rotatable bonds is 11. The van der Waals surface area contributed by atoms with Crippen LogP contribution in [0.25, 0.3) is 0 Å². The van der Waals surface area contributed by atoms with Crippen LogP contribution in [0.1, 0.15) is 15.9 Å². The topological polar surface area (TPSA) is 216 Å². The molecular weight excluding hydrogens is 602 g/mol. The minimum atomic E-state index is -0.911. The van der Waals surface area contributed by atoms with E-state index in [-0.39, 0.29) is 22.7 Å². The number of esters is 1. The molecule has 3 aromatic rings. The third kappa shape index (κ3) is 7.32. The molecule has 0 aliphatic carbocycles. The predicted molar refractivity (Wildman–Crippen MR) is 140 cm³/mol. The number of nitrogens with zero attached hydrogens (tertiary/aromatic N) is 4. The maximum Gasteiger partial charge on any atom is 0.343 e. The van der Waals surface area contributed by atoms with Crippen LogP contribution in [0.5, 0.6) is 17.2 Å². The van der Waals surface area contributed by atoms with Crippen LogP contribution in [-0.4, -0.2) is 46.6 Å². The predicted octanol–water partition coefficient (Wildman–Crippen LogP) is 3.93. The molecule has 0 aliphatic heterocycles. The molecule has 3 rings (SSSR count). The zero-order chi connectivity index (χ0) is 29.4. The molecule has 206 valence electrons. The highest BCUT2D eigenvalue weighted by Crippen LogP contribution is 2.40. The first kappa shape index (κ1) is 29.1. The number of carbonyl (C=O) groups is 2. The minimum Gasteiger partial charge on any atom is -0.492 e. The SMILES string of the molecule is COc1cc([N+](=O)[O-])cc([N+](=O)[O-])c1OCC(=O)NN=Cc1ccc(OC(=O)c2ccc([N+](=O)[O-])cc2)c(Br)c1. The van der Waals surface area contributed by atoms with Crippen LogP contribution in [0, 0.1) is 30.3 Å². The number of hydrazone groups is 1. The highest BCUT2D eigenvalue weighted by molar-refractivity contribution is 9.10. The average Bonchev–Trinajstić information content (AvgIpc) is 2.92. The number of methoxy groups -OCH3 is 1. The largest absolute Gasteiger partial charge is 0.492 e. The molecule has 0 bridgehead atoms. The molecule has 16 nitrogen and oxygen atoms in total. The van der Waals surface area contributed by atoms with Crippen molar-refractivity contribution < 1.29 is 38.6 Å². The summed E-state index contributed by atoms with van der Waals surface area (Å²) in [6, 6.07) is 11.0. The Morgan fingerprint density at radius 1 is 0.925 bits per heavy atom. The Kier molecular flexibility index (Phi) is 9.37. The Bertz CT molecular complexity index is 1530. The van der Waals surface area contributed by atoms with E-state index in [9.17, 15) is 39.9 Å². The quantitative estimate of drug-likeness (QED) is 0.107. The van der Waals surface area contributed by atoms with Crippen molar-refractivity contribution in [2.24, 2.45) is 5.10 Å². The average molecular weight is 618 g/mol. The van der Waals surface area contributed by atoms with Gasteiger partial charge in [0.1, 0.15) is 5.75 Å². The summed E-state index contributed by atoms with van der Waals surface area (Å²) in [5.41, 5.74) is 1.20. The fraction of sp³-hybridized carbons (Fsp3) is 0.0870. The first-order valence-corrected chi connectivity index (χ1v) is 11.5. The number of hydrogen-bond donors (Lipinski definition) is 1. The molecule has 0 heterocycles. The Morgan fingerprint density at radius 2 is 1.60 bits per heavy atom. The Hall–Kier alpha value is -5.45. The van der Waals surface area contributed by atoms with Gasteiger partial charge >= 0.3 is 11.7 Å². The zero-order valence-corrected chi connectivity index (χ0v) is 21.7. The normalized spacial score (nSPS) is 10.6. The third-order valence-electron chi connectivity index (χ3n) is 4.87. The molecule has 0 fully saturated rings. The van der Waals surface area contributed by atoms with E-state index in [0.717, 1.165) is 13.2 Å². The standard InChI is InChI=1S/C23H16BrN5O11/c1-38-20-10-16(28(34)35)9-18(29(36)37)22(20)39-12-21(30)26-25-11-13-2-7-19(17(24)8-13)40-23(31)14-3-5-15(6-4-14)27(32)33/h2-11H,12H2,1H3,(H,26,30). The van der Waals surface area contributed by atoms with Crippen LogP contribution in [0.2, 0.25) is 0 Å². The first-order valence-electron chi connectivity index (χ1n) is 10.7. The number of non-ortho nitro benzene ring substituents is 2. The Labute approximate surface area is 231 Å². The highest BCUT2D eigenvalue weighted by Gasteiger charge is 2.27. The van der Waals surface area contributed by atoms with E-state index >= 15 is 0 Å². The van der Waals surface area contributed by atoms with Crippen LogP contribution in [0.15, 0.2) is 64.2 Å². The van der Waals surface area contributed by atoms with Crippen molar-refractivity contribution in [1.82, 2.24) is 5.43 Å². The summed E-state index contributed by atoms with van der Waals surface area (Å²) in [5, 5.41) is 36.8. The fourth-order valence-electron chi connectivity index (χ4n) is 3.02. The second-order valence-corrected chi connectivity index (χ2v) is 8.33. The lowest BCUT2D eigenvalue weighted by atomic mass is 10.2. The van der Waals surface area contributed by atoms with Crippen LogP contribution in [-0.2, 0) is 4.79 Å². The number of halogens is 1. The lowest BCUT2D eigenvalue weighted by Crippen LogP contribution is -2.25. The number of hydrogen-bond acceptors (Lipinski definition) is 12. The van der Waals surface area contributed by atoms with Crippen molar-refractivity contribution in [3.8, 4) is 17.2 Å². The molecule has 0 aromatic heterocycles. The molecule has 40 heavy (non-hydrogen) atoms. The maximum absolute atomic E-state index is 12.3. The molecule has 0 radical (unpaired) electrons. The van der Waals surface area contributed by atoms with Crippen molar-refractivity contribution in [3.63, 3.8) is 0 Å². The molecule has 17 heteroatoms. The molecule has 0 atom stereocenters. The molecule has 0 saturated carbocycles. The maximum atomic E-state index is 12.3. The second kappa shape index (κ2) is 12.9. The molecule has 3 aromatic carbocycles. The smallest absolute Gasteiger partial charge is 0.343 e. The van der Waals surface area contributed by atoms with Crippen molar-refractivity contribution in [1.29, 1.82) is 0 Å². The van der Waals surface area contributed by atoms with E-state index in [0.29, 0.717) is 16.1 Å². The lowest BCUT2D eigenvalue weighted by molar-refractivity contribution is -0.394. The van der Waals surface area contributed by atoms with Gasteiger partial charge < -0.3 is 14.2 Å². The number of carbonyl (C=O) groups excluding carboxylic acids is 2. The molecule has 1 N–H and O–H groups in total. The van der Waals surface area contributed by atoms with Crippen molar-refractivity contribution in [2.75, 3.05) is 13.7 Å². The molecular formula is C23H16BrN5O11. The van der Waals surface area contributed by atoms with Crippen molar-refractivity contribution >= 4 is 51.1 Å². The van der Waals surface area contributed by atoms with Gasteiger partial charge in [-0.25, -0.2) is 10.2 Å². The van der Waals surface area contributed by atoms with E-state index < -0.39 is 50.4 Å². The molecule has 0 aliphatic rings. The van der Waals surface area contributed by atoms with Gasteiger partial charge in [0.05, 0.1) is 50.3 Å². The molecule has 1 amide bonds. The van der Waals surface area contributed by atoms with Crippen LogP contribution in [0.4, 0.5) is 17.1 Å². The summed E-state index contributed by atoms with van der Waals surface area (Å²) >= 11 is 3.25. The van der Waals surface area contributed by atoms with Gasteiger partial charge in [-0.1, -0.05) is 0 Å². The van der Waals surface area contributed by atoms with Crippen LogP contribution >= 0.6 is 15.9 Å². The van der Waals surface area contributed by atoms with E-state index in [1.54, 1.807) is 0 Å². The lowest BCUT2D eigenvalue weighted by Gasteiger charge is -2.10. The molecule has 0 unspecified atom stereocenters. The van der Waals surface area contributed by atoms with Crippen molar-refractivity contribution in [2.45, 2.75) is 0 Å². The Balaban J connectivity index is 1.60. The number of benzene rings is 3. The molecule has 0 saturated heterocycles. The van der Waals surface area contributed by atoms with Gasteiger partial charge in [0.25, 0.3) is 17.3 Å². The van der Waals surface area contributed by atoms with Crippen LogP contribution < -0.4 is 19.6 Å². The van der Waals surface area contributed by atoms with Crippen LogP contribution in [0.3, 0.4) is 0 Å². The summed E-state index contributed by atoms with van der Waals surface area (Å²) in [6.07, 6.45) is 1.25. The number of ether oxygens (including phenoxy) is 3. The van der Waals surface area contributed by atoms with Gasteiger partial charge in [0.2, 0.25) is 5.75 Å². The monoisotopic (exact) mass is 617 g/mol. The highest BCUT2D eigenvalue weighted by atomic mass is 79.9. The number of nitro benzene ring substituents is 3. The minimum absolute atomic E-state index is 0.102. The number of nitrogens with one attached hydrogen (secondary N) is 1. The Morgan fingerprint density at radius 3 is 2.17 bits per heavy atom. The van der Waals surface area contributed by atoms with E-state index in [4.69, 9.17) is 14.2 Å². The summed E-state index contributed by atoms with van der Waals surface area (Å²) < 4.78 is 15.8. The van der Waals surface area contributed by atoms with E-state index in [1.165, 1.54) is 48.7 Å². The summed E-state index contributed by atoms with van der Waals surface area (Å²) in [5.74, 6) is -2.18. The van der Waals surface area contributed by atoms with Gasteiger partial charge in [-0.2, -0.15) is 5.10 Å². The molecule has 0 spiro atoms. The second-order valence-electron chi connectivity index (χ2n) is 7.48.